The van der Waals surface area contributed by atoms with Gasteiger partial charge in [0.2, 0.25) is 11.8 Å². The smallest absolute Gasteiger partial charge is 0.251 e. The van der Waals surface area contributed by atoms with Crippen LogP contribution < -0.4 is 5.32 Å². The molecule has 0 radical (unpaired) electrons. The molecule has 1 N–H and O–H groups in total. The van der Waals surface area contributed by atoms with Gasteiger partial charge < -0.3 is 5.32 Å². The number of likely N-dealkylation sites (tertiary alicyclic amines) is 1. The van der Waals surface area contributed by atoms with Gasteiger partial charge in [-0.2, -0.15) is 0 Å². The molecular formula is C16H20N2O3. The Bertz CT molecular complexity index is 538. The van der Waals surface area contributed by atoms with Crippen LogP contribution in [0.1, 0.15) is 42.1 Å². The van der Waals surface area contributed by atoms with Crippen molar-refractivity contribution < 1.29 is 14.4 Å². The second-order valence-electron chi connectivity index (χ2n) is 5.06. The highest BCUT2D eigenvalue weighted by Gasteiger charge is 2.27. The monoisotopic (exact) mass is 288 g/mol. The van der Waals surface area contributed by atoms with Crippen LogP contribution in [0.3, 0.4) is 0 Å². The zero-order chi connectivity index (χ0) is 15.2. The van der Waals surface area contributed by atoms with Gasteiger partial charge in [-0.05, 0) is 24.5 Å². The Balaban J connectivity index is 1.79. The summed E-state index contributed by atoms with van der Waals surface area (Å²) in [5.41, 5.74) is 1.70. The molecule has 0 spiro atoms. The lowest BCUT2D eigenvalue weighted by Crippen LogP contribution is -2.33. The number of nitrogens with zero attached hydrogens (tertiary/aromatic N) is 1. The second kappa shape index (κ2) is 7.02. The van der Waals surface area contributed by atoms with Gasteiger partial charge in [-0.25, -0.2) is 0 Å². The summed E-state index contributed by atoms with van der Waals surface area (Å²) in [5.74, 6) is -0.322. The summed E-state index contributed by atoms with van der Waals surface area (Å²) in [4.78, 5) is 36.2. The predicted molar refractivity (Wildman–Crippen MR) is 78.7 cm³/mol. The Hall–Kier alpha value is -2.17. The molecule has 1 heterocycles. The van der Waals surface area contributed by atoms with Crippen molar-refractivity contribution in [3.05, 3.63) is 35.4 Å². The third-order valence-electron chi connectivity index (χ3n) is 3.64. The van der Waals surface area contributed by atoms with Crippen LogP contribution in [0, 0.1) is 0 Å². The first-order chi connectivity index (χ1) is 10.1. The number of carbonyl (C=O) groups excluding carboxylic acids is 3. The van der Waals surface area contributed by atoms with Crippen LogP contribution in [0.5, 0.6) is 0 Å². The van der Waals surface area contributed by atoms with E-state index in [-0.39, 0.29) is 17.7 Å². The quantitative estimate of drug-likeness (QED) is 0.637. The number of nitrogens with one attached hydrogen (secondary N) is 1. The van der Waals surface area contributed by atoms with Gasteiger partial charge in [0.1, 0.15) is 0 Å². The van der Waals surface area contributed by atoms with Crippen molar-refractivity contribution >= 4 is 17.7 Å². The van der Waals surface area contributed by atoms with Crippen LogP contribution >= 0.6 is 0 Å². The fourth-order valence-electron chi connectivity index (χ4n) is 2.46. The lowest BCUT2D eigenvalue weighted by atomic mass is 10.0. The van der Waals surface area contributed by atoms with Crippen LogP contribution in [0.4, 0.5) is 0 Å². The van der Waals surface area contributed by atoms with E-state index < -0.39 is 0 Å². The first kappa shape index (κ1) is 15.2. The molecule has 21 heavy (non-hydrogen) atoms. The Kier molecular flexibility index (Phi) is 5.09. The average Bonchev–Trinajstić information content (AvgIpc) is 2.82. The second-order valence-corrected chi connectivity index (χ2v) is 5.06. The molecular weight excluding hydrogens is 268 g/mol. The number of hydrogen-bond acceptors (Lipinski definition) is 3. The van der Waals surface area contributed by atoms with Crippen molar-refractivity contribution in [3.63, 3.8) is 0 Å². The maximum absolute atomic E-state index is 12.1. The van der Waals surface area contributed by atoms with Gasteiger partial charge in [-0.15, -0.1) is 0 Å². The summed E-state index contributed by atoms with van der Waals surface area (Å²) in [5, 5.41) is 2.84. The van der Waals surface area contributed by atoms with Gasteiger partial charge in [0.25, 0.3) is 5.91 Å². The third kappa shape index (κ3) is 3.68. The molecule has 1 fully saturated rings. The minimum atomic E-state index is -0.109. The molecule has 1 aliphatic rings. The molecule has 1 saturated heterocycles. The van der Waals surface area contributed by atoms with Gasteiger partial charge in [0.15, 0.2) is 0 Å². The maximum Gasteiger partial charge on any atom is 0.251 e. The largest absolute Gasteiger partial charge is 0.352 e. The topological polar surface area (TPSA) is 66.5 Å². The summed E-state index contributed by atoms with van der Waals surface area (Å²) in [6.45, 7) is 2.85. The Morgan fingerprint density at radius 1 is 1.19 bits per heavy atom. The van der Waals surface area contributed by atoms with Gasteiger partial charge in [-0.3, -0.25) is 19.3 Å². The molecule has 3 amide bonds. The number of imide groups is 1. The summed E-state index contributed by atoms with van der Waals surface area (Å²) in [6.07, 6.45) is 2.02. The number of aryl methyl sites for hydroxylation is 1. The molecule has 0 atom stereocenters. The molecule has 1 aliphatic heterocycles. The minimum absolute atomic E-state index is 0.105. The molecule has 0 saturated carbocycles. The first-order valence-electron chi connectivity index (χ1n) is 7.32. The van der Waals surface area contributed by atoms with Gasteiger partial charge in [0, 0.05) is 31.5 Å². The number of rotatable bonds is 6. The summed E-state index contributed by atoms with van der Waals surface area (Å²) < 4.78 is 0. The highest BCUT2D eigenvalue weighted by atomic mass is 16.2. The zero-order valence-electron chi connectivity index (χ0n) is 12.2. The minimum Gasteiger partial charge on any atom is -0.352 e. The number of benzene rings is 1. The summed E-state index contributed by atoms with van der Waals surface area (Å²) >= 11 is 0. The Morgan fingerprint density at radius 3 is 2.52 bits per heavy atom. The van der Waals surface area contributed by atoms with E-state index in [1.807, 2.05) is 31.2 Å². The van der Waals surface area contributed by atoms with Crippen molar-refractivity contribution in [2.45, 2.75) is 32.6 Å². The molecule has 0 bridgehead atoms. The van der Waals surface area contributed by atoms with Crippen molar-refractivity contribution in [1.82, 2.24) is 10.2 Å². The SMILES string of the molecule is CCc1ccccc1C(=O)NCCCN1C(=O)CCC1=O. The molecule has 5 nitrogen and oxygen atoms in total. The molecule has 1 aromatic rings. The molecule has 0 aromatic heterocycles. The fourth-order valence-corrected chi connectivity index (χ4v) is 2.46. The summed E-state index contributed by atoms with van der Waals surface area (Å²) in [7, 11) is 0. The van der Waals surface area contributed by atoms with Gasteiger partial charge in [0.05, 0.1) is 0 Å². The van der Waals surface area contributed by atoms with E-state index in [9.17, 15) is 14.4 Å². The number of carbonyl (C=O) groups is 3. The van der Waals surface area contributed by atoms with Crippen molar-refractivity contribution in [1.29, 1.82) is 0 Å². The highest BCUT2D eigenvalue weighted by molar-refractivity contribution is 6.01. The van der Waals surface area contributed by atoms with E-state index in [1.54, 1.807) is 0 Å². The lowest BCUT2D eigenvalue weighted by Gasteiger charge is -2.14. The van der Waals surface area contributed by atoms with E-state index >= 15 is 0 Å². The van der Waals surface area contributed by atoms with Crippen LogP contribution in [0.25, 0.3) is 0 Å². The number of amides is 3. The standard InChI is InChI=1S/C16H20N2O3/c1-2-12-6-3-4-7-13(12)16(21)17-10-5-11-18-14(19)8-9-15(18)20/h3-4,6-7H,2,5,8-11H2,1H3,(H,17,21). The molecule has 5 heteroatoms. The lowest BCUT2D eigenvalue weighted by molar-refractivity contribution is -0.138. The van der Waals surface area contributed by atoms with E-state index in [1.165, 1.54) is 4.90 Å². The highest BCUT2D eigenvalue weighted by Crippen LogP contribution is 2.12. The van der Waals surface area contributed by atoms with Gasteiger partial charge >= 0.3 is 0 Å². The van der Waals surface area contributed by atoms with Gasteiger partial charge in [-0.1, -0.05) is 25.1 Å². The third-order valence-corrected chi connectivity index (χ3v) is 3.64. The zero-order valence-corrected chi connectivity index (χ0v) is 12.2. The molecule has 1 aromatic carbocycles. The van der Waals surface area contributed by atoms with E-state index in [2.05, 4.69) is 5.32 Å². The molecule has 0 aliphatic carbocycles. The van der Waals surface area contributed by atoms with Crippen LogP contribution in [-0.2, 0) is 16.0 Å². The molecule has 0 unspecified atom stereocenters. The Morgan fingerprint density at radius 2 is 1.86 bits per heavy atom. The average molecular weight is 288 g/mol. The van der Waals surface area contributed by atoms with Crippen LogP contribution in [0.15, 0.2) is 24.3 Å². The Labute approximate surface area is 124 Å². The van der Waals surface area contributed by atoms with Crippen LogP contribution in [-0.4, -0.2) is 35.7 Å². The van der Waals surface area contributed by atoms with Crippen molar-refractivity contribution in [2.24, 2.45) is 0 Å². The fraction of sp³-hybridized carbons (Fsp3) is 0.438. The van der Waals surface area contributed by atoms with Crippen LogP contribution in [0.2, 0.25) is 0 Å². The maximum atomic E-state index is 12.1. The van der Waals surface area contributed by atoms with Crippen molar-refractivity contribution in [3.8, 4) is 0 Å². The summed E-state index contributed by atoms with van der Waals surface area (Å²) in [6, 6.07) is 7.51. The molecule has 2 rings (SSSR count). The number of hydrogen-bond donors (Lipinski definition) is 1. The predicted octanol–water partition coefficient (Wildman–Crippen LogP) is 1.52. The van der Waals surface area contributed by atoms with E-state index in [0.717, 1.165) is 12.0 Å². The first-order valence-corrected chi connectivity index (χ1v) is 7.32. The van der Waals surface area contributed by atoms with E-state index in [4.69, 9.17) is 0 Å². The van der Waals surface area contributed by atoms with E-state index in [0.29, 0.717) is 37.9 Å². The van der Waals surface area contributed by atoms with Crippen molar-refractivity contribution in [2.75, 3.05) is 13.1 Å². The molecule has 112 valence electrons. The normalized spacial score (nSPS) is 14.6.